The van der Waals surface area contributed by atoms with E-state index in [1.807, 2.05) is 0 Å². The Balaban J connectivity index is 1.98. The van der Waals surface area contributed by atoms with Crippen LogP contribution in [0.4, 0.5) is 5.69 Å². The number of nitro benzene ring substituents is 1. The van der Waals surface area contributed by atoms with Gasteiger partial charge >= 0.3 is 0 Å². The van der Waals surface area contributed by atoms with Crippen LogP contribution >= 0.6 is 0 Å². The summed E-state index contributed by atoms with van der Waals surface area (Å²) in [5.41, 5.74) is 2.18. The Morgan fingerprint density at radius 2 is 2.00 bits per heavy atom. The van der Waals surface area contributed by atoms with Crippen molar-refractivity contribution >= 4 is 17.8 Å². The van der Waals surface area contributed by atoms with Crippen molar-refractivity contribution in [3.8, 4) is 0 Å². The zero-order valence-electron chi connectivity index (χ0n) is 11.1. The normalized spacial score (nSPS) is 16.2. The van der Waals surface area contributed by atoms with Crippen molar-refractivity contribution in [2.45, 2.75) is 32.1 Å². The minimum absolute atomic E-state index is 0.0262. The Hall–Kier alpha value is -2.24. The average molecular weight is 275 g/mol. The summed E-state index contributed by atoms with van der Waals surface area (Å²) in [6, 6.07) is 5.84. The Morgan fingerprint density at radius 1 is 1.30 bits per heavy atom. The SMILES string of the molecule is O=C(N/N=C/C1CCCCC1)c1ccccc1[N+](=O)[O-]. The number of carbonyl (C=O) groups excluding carboxylic acids is 1. The van der Waals surface area contributed by atoms with E-state index in [4.69, 9.17) is 0 Å². The molecule has 1 N–H and O–H groups in total. The second-order valence-electron chi connectivity index (χ2n) is 4.89. The summed E-state index contributed by atoms with van der Waals surface area (Å²) in [6.45, 7) is 0. The van der Waals surface area contributed by atoms with E-state index in [1.165, 1.54) is 37.5 Å². The summed E-state index contributed by atoms with van der Waals surface area (Å²) in [5, 5.41) is 14.8. The highest BCUT2D eigenvalue weighted by atomic mass is 16.6. The lowest BCUT2D eigenvalue weighted by Crippen LogP contribution is -2.20. The van der Waals surface area contributed by atoms with E-state index >= 15 is 0 Å². The second kappa shape index (κ2) is 6.79. The standard InChI is InChI=1S/C14H17N3O3/c18-14(12-8-4-5-9-13(12)17(19)20)16-15-10-11-6-2-1-3-7-11/h4-5,8-11H,1-3,6-7H2,(H,16,18)/b15-10+. The zero-order chi connectivity index (χ0) is 14.4. The summed E-state index contributed by atoms with van der Waals surface area (Å²) < 4.78 is 0. The van der Waals surface area contributed by atoms with Gasteiger partial charge in [0.15, 0.2) is 0 Å². The number of para-hydroxylation sites is 1. The van der Waals surface area contributed by atoms with Crippen LogP contribution < -0.4 is 5.43 Å². The van der Waals surface area contributed by atoms with Crippen LogP contribution in [0.25, 0.3) is 0 Å². The lowest BCUT2D eigenvalue weighted by molar-refractivity contribution is -0.385. The van der Waals surface area contributed by atoms with Gasteiger partial charge in [0, 0.05) is 12.3 Å². The molecule has 1 aliphatic carbocycles. The lowest BCUT2D eigenvalue weighted by atomic mass is 9.90. The predicted molar refractivity (Wildman–Crippen MR) is 75.6 cm³/mol. The van der Waals surface area contributed by atoms with Gasteiger partial charge in [0.05, 0.1) is 4.92 Å². The number of benzene rings is 1. The quantitative estimate of drug-likeness (QED) is 0.521. The molecule has 106 valence electrons. The van der Waals surface area contributed by atoms with E-state index in [0.29, 0.717) is 5.92 Å². The number of rotatable bonds is 4. The number of carbonyl (C=O) groups is 1. The third-order valence-electron chi connectivity index (χ3n) is 3.45. The lowest BCUT2D eigenvalue weighted by Gasteiger charge is -2.16. The van der Waals surface area contributed by atoms with Crippen LogP contribution in [0.2, 0.25) is 0 Å². The number of nitrogens with one attached hydrogen (secondary N) is 1. The fourth-order valence-electron chi connectivity index (χ4n) is 2.37. The van der Waals surface area contributed by atoms with Gasteiger partial charge in [-0.05, 0) is 24.8 Å². The second-order valence-corrected chi connectivity index (χ2v) is 4.89. The molecule has 0 saturated heterocycles. The summed E-state index contributed by atoms with van der Waals surface area (Å²) in [6.07, 6.45) is 7.55. The van der Waals surface area contributed by atoms with Crippen molar-refractivity contribution < 1.29 is 9.72 Å². The van der Waals surface area contributed by atoms with Crippen LogP contribution in [-0.4, -0.2) is 17.0 Å². The van der Waals surface area contributed by atoms with Crippen molar-refractivity contribution in [2.75, 3.05) is 0 Å². The van der Waals surface area contributed by atoms with E-state index in [9.17, 15) is 14.9 Å². The monoisotopic (exact) mass is 275 g/mol. The topological polar surface area (TPSA) is 84.6 Å². The van der Waals surface area contributed by atoms with Crippen LogP contribution in [-0.2, 0) is 0 Å². The van der Waals surface area contributed by atoms with Crippen LogP contribution in [0.15, 0.2) is 29.4 Å². The van der Waals surface area contributed by atoms with Gasteiger partial charge in [-0.1, -0.05) is 31.4 Å². The molecule has 1 amide bonds. The zero-order valence-corrected chi connectivity index (χ0v) is 11.1. The van der Waals surface area contributed by atoms with Crippen molar-refractivity contribution in [1.82, 2.24) is 5.43 Å². The van der Waals surface area contributed by atoms with Gasteiger partial charge in [-0.25, -0.2) is 5.43 Å². The van der Waals surface area contributed by atoms with Crippen molar-refractivity contribution in [1.29, 1.82) is 0 Å². The van der Waals surface area contributed by atoms with E-state index in [0.717, 1.165) is 12.8 Å². The van der Waals surface area contributed by atoms with E-state index in [1.54, 1.807) is 12.3 Å². The van der Waals surface area contributed by atoms with Gasteiger partial charge in [-0.15, -0.1) is 0 Å². The molecule has 0 atom stereocenters. The number of hydrazone groups is 1. The Morgan fingerprint density at radius 3 is 2.70 bits per heavy atom. The molecule has 1 fully saturated rings. The Kier molecular flexibility index (Phi) is 4.81. The Labute approximate surface area is 117 Å². The Bertz CT molecular complexity index is 522. The largest absolute Gasteiger partial charge is 0.282 e. The van der Waals surface area contributed by atoms with E-state index in [-0.39, 0.29) is 11.3 Å². The van der Waals surface area contributed by atoms with Crippen LogP contribution in [0.1, 0.15) is 42.5 Å². The first-order chi connectivity index (χ1) is 9.68. The number of hydrogen-bond acceptors (Lipinski definition) is 4. The van der Waals surface area contributed by atoms with E-state index in [2.05, 4.69) is 10.5 Å². The highest BCUT2D eigenvalue weighted by Gasteiger charge is 2.18. The molecule has 2 rings (SSSR count). The van der Waals surface area contributed by atoms with Gasteiger partial charge in [-0.3, -0.25) is 14.9 Å². The maximum atomic E-state index is 11.9. The molecule has 1 saturated carbocycles. The summed E-state index contributed by atoms with van der Waals surface area (Å²) in [4.78, 5) is 22.1. The fourth-order valence-corrected chi connectivity index (χ4v) is 2.37. The molecule has 20 heavy (non-hydrogen) atoms. The van der Waals surface area contributed by atoms with Crippen molar-refractivity contribution in [3.05, 3.63) is 39.9 Å². The fraction of sp³-hybridized carbons (Fsp3) is 0.429. The minimum atomic E-state index is -0.570. The maximum absolute atomic E-state index is 11.9. The highest BCUT2D eigenvalue weighted by molar-refractivity contribution is 5.98. The van der Waals surface area contributed by atoms with Gasteiger partial charge in [0.1, 0.15) is 5.56 Å². The minimum Gasteiger partial charge on any atom is -0.267 e. The smallest absolute Gasteiger partial charge is 0.267 e. The first-order valence-electron chi connectivity index (χ1n) is 6.75. The molecular formula is C14H17N3O3. The first-order valence-corrected chi connectivity index (χ1v) is 6.75. The predicted octanol–water partition coefficient (Wildman–Crippen LogP) is 2.89. The van der Waals surface area contributed by atoms with Crippen molar-refractivity contribution in [3.63, 3.8) is 0 Å². The summed E-state index contributed by atoms with van der Waals surface area (Å²) >= 11 is 0. The van der Waals surface area contributed by atoms with Gasteiger partial charge < -0.3 is 0 Å². The molecule has 1 aromatic carbocycles. The molecule has 6 heteroatoms. The molecule has 1 aliphatic rings. The molecule has 0 heterocycles. The summed E-state index contributed by atoms with van der Waals surface area (Å²) in [7, 11) is 0. The van der Waals surface area contributed by atoms with E-state index < -0.39 is 10.8 Å². The third-order valence-corrected chi connectivity index (χ3v) is 3.45. The molecule has 0 aromatic heterocycles. The molecule has 1 aromatic rings. The van der Waals surface area contributed by atoms with Gasteiger partial charge in [0.25, 0.3) is 11.6 Å². The third kappa shape index (κ3) is 3.63. The average Bonchev–Trinajstić information content (AvgIpc) is 2.48. The number of nitrogens with zero attached hydrogens (tertiary/aromatic N) is 2. The number of amides is 1. The molecule has 0 spiro atoms. The van der Waals surface area contributed by atoms with Crippen LogP contribution in [0, 0.1) is 16.0 Å². The molecule has 0 radical (unpaired) electrons. The van der Waals surface area contributed by atoms with Crippen LogP contribution in [0.3, 0.4) is 0 Å². The highest BCUT2D eigenvalue weighted by Crippen LogP contribution is 2.22. The number of nitro groups is 1. The van der Waals surface area contributed by atoms with Gasteiger partial charge in [0.2, 0.25) is 0 Å². The van der Waals surface area contributed by atoms with Crippen LogP contribution in [0.5, 0.6) is 0 Å². The maximum Gasteiger partial charge on any atom is 0.282 e. The summed E-state index contributed by atoms with van der Waals surface area (Å²) in [5.74, 6) is -0.154. The molecule has 0 unspecified atom stereocenters. The number of hydrogen-bond donors (Lipinski definition) is 1. The molecule has 0 aliphatic heterocycles. The van der Waals surface area contributed by atoms with Gasteiger partial charge in [-0.2, -0.15) is 5.10 Å². The first kappa shape index (κ1) is 14.2. The molecule has 6 nitrogen and oxygen atoms in total. The molecule has 0 bridgehead atoms. The van der Waals surface area contributed by atoms with Crippen molar-refractivity contribution in [2.24, 2.45) is 11.0 Å². The molecular weight excluding hydrogens is 258 g/mol.